The van der Waals surface area contributed by atoms with Gasteiger partial charge in [0.2, 0.25) is 0 Å². The van der Waals surface area contributed by atoms with Crippen molar-refractivity contribution in [3.8, 4) is 5.75 Å². The van der Waals surface area contributed by atoms with E-state index >= 15 is 0 Å². The van der Waals surface area contributed by atoms with E-state index < -0.39 is 0 Å². The van der Waals surface area contributed by atoms with Crippen molar-refractivity contribution in [1.29, 1.82) is 0 Å². The minimum Gasteiger partial charge on any atom is -0.486 e. The van der Waals surface area contributed by atoms with E-state index in [9.17, 15) is 4.79 Å². The number of carbonyl (C=O) groups is 1. The summed E-state index contributed by atoms with van der Waals surface area (Å²) in [5.41, 5.74) is 0. The Labute approximate surface area is 90.3 Å². The van der Waals surface area contributed by atoms with Gasteiger partial charge < -0.3 is 4.74 Å². The Morgan fingerprint density at radius 2 is 2.00 bits per heavy atom. The van der Waals surface area contributed by atoms with E-state index in [1.165, 1.54) is 12.8 Å². The van der Waals surface area contributed by atoms with Crippen LogP contribution in [0, 0.1) is 5.92 Å². The van der Waals surface area contributed by atoms with Crippen molar-refractivity contribution in [3.63, 3.8) is 0 Å². The Morgan fingerprint density at radius 1 is 1.27 bits per heavy atom. The van der Waals surface area contributed by atoms with Gasteiger partial charge in [-0.25, -0.2) is 0 Å². The Hall–Kier alpha value is -1.31. The van der Waals surface area contributed by atoms with E-state index in [0.29, 0.717) is 6.42 Å². The molecule has 0 aliphatic heterocycles. The van der Waals surface area contributed by atoms with Gasteiger partial charge in [0.05, 0.1) is 0 Å². The molecule has 1 fully saturated rings. The number of hydrogen-bond acceptors (Lipinski definition) is 2. The fraction of sp³-hybridized carbons (Fsp3) is 0.462. The predicted molar refractivity (Wildman–Crippen MR) is 58.9 cm³/mol. The second kappa shape index (κ2) is 4.96. The molecule has 0 aromatic heterocycles. The van der Waals surface area contributed by atoms with E-state index in [4.69, 9.17) is 4.74 Å². The van der Waals surface area contributed by atoms with Gasteiger partial charge in [0.25, 0.3) is 0 Å². The van der Waals surface area contributed by atoms with Gasteiger partial charge in [0.1, 0.15) is 12.4 Å². The zero-order valence-electron chi connectivity index (χ0n) is 8.82. The van der Waals surface area contributed by atoms with Crippen molar-refractivity contribution in [3.05, 3.63) is 30.3 Å². The van der Waals surface area contributed by atoms with Gasteiger partial charge in [-0.1, -0.05) is 31.0 Å². The second-order valence-electron chi connectivity index (χ2n) is 4.12. The zero-order chi connectivity index (χ0) is 10.5. The van der Waals surface area contributed by atoms with Gasteiger partial charge in [0.15, 0.2) is 5.78 Å². The van der Waals surface area contributed by atoms with Crippen LogP contribution >= 0.6 is 0 Å². The highest BCUT2D eigenvalue weighted by atomic mass is 16.5. The fourth-order valence-electron chi connectivity index (χ4n) is 1.52. The smallest absolute Gasteiger partial charge is 0.170 e. The molecule has 15 heavy (non-hydrogen) atoms. The molecule has 0 bridgehead atoms. The minimum atomic E-state index is 0.214. The number of Topliss-reactive ketones (excluding diaryl/α,β-unsaturated/α-hetero) is 1. The molecule has 0 saturated heterocycles. The number of rotatable bonds is 6. The summed E-state index contributed by atoms with van der Waals surface area (Å²) in [7, 11) is 0. The fourth-order valence-corrected chi connectivity index (χ4v) is 1.52. The number of carbonyl (C=O) groups excluding carboxylic acids is 1. The summed E-state index contributed by atoms with van der Waals surface area (Å²) in [6.45, 7) is 0.219. The number of ketones is 1. The van der Waals surface area contributed by atoms with Gasteiger partial charge in [-0.05, 0) is 24.5 Å². The summed E-state index contributed by atoms with van der Waals surface area (Å²) in [6, 6.07) is 9.48. The maximum atomic E-state index is 11.4. The molecule has 80 valence electrons. The van der Waals surface area contributed by atoms with Crippen LogP contribution in [0.2, 0.25) is 0 Å². The lowest BCUT2D eigenvalue weighted by atomic mass is 10.2. The lowest BCUT2D eigenvalue weighted by molar-refractivity contribution is -0.121. The van der Waals surface area contributed by atoms with Crippen LogP contribution in [-0.2, 0) is 4.79 Å². The van der Waals surface area contributed by atoms with Gasteiger partial charge in [0, 0.05) is 6.42 Å². The first kappa shape index (κ1) is 10.2. The molecule has 1 aliphatic rings. The Balaban J connectivity index is 1.66. The molecule has 0 heterocycles. The van der Waals surface area contributed by atoms with Crippen LogP contribution in [0.15, 0.2) is 30.3 Å². The molecule has 0 atom stereocenters. The third-order valence-electron chi connectivity index (χ3n) is 2.67. The first-order chi connectivity index (χ1) is 7.34. The Kier molecular flexibility index (Phi) is 3.38. The molecule has 2 heteroatoms. The quantitative estimate of drug-likeness (QED) is 0.712. The Bertz CT molecular complexity index is 315. The molecule has 2 rings (SSSR count). The van der Waals surface area contributed by atoms with Crippen molar-refractivity contribution in [2.45, 2.75) is 25.7 Å². The largest absolute Gasteiger partial charge is 0.486 e. The first-order valence-corrected chi connectivity index (χ1v) is 5.54. The van der Waals surface area contributed by atoms with Crippen molar-refractivity contribution in [1.82, 2.24) is 0 Å². The van der Waals surface area contributed by atoms with E-state index in [1.807, 2.05) is 30.3 Å². The van der Waals surface area contributed by atoms with E-state index in [0.717, 1.165) is 18.1 Å². The van der Waals surface area contributed by atoms with Gasteiger partial charge >= 0.3 is 0 Å². The van der Waals surface area contributed by atoms with Crippen LogP contribution in [0.1, 0.15) is 25.7 Å². The predicted octanol–water partition coefficient (Wildman–Crippen LogP) is 2.82. The lowest BCUT2D eigenvalue weighted by Crippen LogP contribution is -2.11. The summed E-state index contributed by atoms with van der Waals surface area (Å²) in [4.78, 5) is 11.4. The van der Waals surface area contributed by atoms with Crippen LogP contribution < -0.4 is 4.74 Å². The number of ether oxygens (including phenoxy) is 1. The first-order valence-electron chi connectivity index (χ1n) is 5.54. The van der Waals surface area contributed by atoms with Crippen molar-refractivity contribution in [2.75, 3.05) is 6.61 Å². The highest BCUT2D eigenvalue weighted by molar-refractivity contribution is 5.79. The third-order valence-corrected chi connectivity index (χ3v) is 2.67. The molecule has 0 radical (unpaired) electrons. The normalized spacial score (nSPS) is 14.9. The second-order valence-corrected chi connectivity index (χ2v) is 4.12. The topological polar surface area (TPSA) is 26.3 Å². The van der Waals surface area contributed by atoms with Crippen molar-refractivity contribution >= 4 is 5.78 Å². The standard InChI is InChI=1S/C13H16O2/c14-12(9-8-11-6-7-11)10-15-13-4-2-1-3-5-13/h1-5,11H,6-10H2. The molecule has 0 unspecified atom stereocenters. The molecule has 0 amide bonds. The maximum absolute atomic E-state index is 11.4. The SMILES string of the molecule is O=C(CCC1CC1)COc1ccccc1. The van der Waals surface area contributed by atoms with Gasteiger partial charge in [-0.3, -0.25) is 4.79 Å². The van der Waals surface area contributed by atoms with Crippen LogP contribution in [0.25, 0.3) is 0 Å². The molecule has 0 N–H and O–H groups in total. The number of para-hydroxylation sites is 1. The van der Waals surface area contributed by atoms with Gasteiger partial charge in [-0.15, -0.1) is 0 Å². The van der Waals surface area contributed by atoms with Crippen LogP contribution in [-0.4, -0.2) is 12.4 Å². The monoisotopic (exact) mass is 204 g/mol. The summed E-state index contributed by atoms with van der Waals surface area (Å²) in [5.74, 6) is 1.81. The highest BCUT2D eigenvalue weighted by Gasteiger charge is 2.21. The zero-order valence-corrected chi connectivity index (χ0v) is 8.82. The summed E-state index contributed by atoms with van der Waals surface area (Å²) >= 11 is 0. The average molecular weight is 204 g/mol. The summed E-state index contributed by atoms with van der Waals surface area (Å²) < 4.78 is 5.37. The molecule has 1 aromatic carbocycles. The van der Waals surface area contributed by atoms with Crippen LogP contribution in [0.4, 0.5) is 0 Å². The molecule has 1 aromatic rings. The summed E-state index contributed by atoms with van der Waals surface area (Å²) in [6.07, 6.45) is 4.36. The number of hydrogen-bond donors (Lipinski definition) is 0. The van der Waals surface area contributed by atoms with E-state index in [-0.39, 0.29) is 12.4 Å². The van der Waals surface area contributed by atoms with Gasteiger partial charge in [-0.2, -0.15) is 0 Å². The molecule has 0 spiro atoms. The van der Waals surface area contributed by atoms with Crippen LogP contribution in [0.3, 0.4) is 0 Å². The Morgan fingerprint density at radius 3 is 2.67 bits per heavy atom. The van der Waals surface area contributed by atoms with Crippen molar-refractivity contribution in [2.24, 2.45) is 5.92 Å². The minimum absolute atomic E-state index is 0.214. The lowest BCUT2D eigenvalue weighted by Gasteiger charge is -2.04. The molecule has 1 saturated carbocycles. The van der Waals surface area contributed by atoms with Crippen LogP contribution in [0.5, 0.6) is 5.75 Å². The maximum Gasteiger partial charge on any atom is 0.170 e. The molecular formula is C13H16O2. The average Bonchev–Trinajstić information content (AvgIpc) is 3.09. The number of benzene rings is 1. The molecular weight excluding hydrogens is 188 g/mol. The van der Waals surface area contributed by atoms with E-state index in [1.54, 1.807) is 0 Å². The van der Waals surface area contributed by atoms with E-state index in [2.05, 4.69) is 0 Å². The highest BCUT2D eigenvalue weighted by Crippen LogP contribution is 2.33. The molecule has 1 aliphatic carbocycles. The van der Waals surface area contributed by atoms with Crippen molar-refractivity contribution < 1.29 is 9.53 Å². The molecule has 2 nitrogen and oxygen atoms in total. The third kappa shape index (κ3) is 3.74. The summed E-state index contributed by atoms with van der Waals surface area (Å²) in [5, 5.41) is 0.